The minimum absolute atomic E-state index is 0.00432. The number of esters is 1. The molecule has 0 unspecified atom stereocenters. The fourth-order valence-corrected chi connectivity index (χ4v) is 1.72. The highest BCUT2D eigenvalue weighted by Gasteiger charge is 2.18. The van der Waals surface area contributed by atoms with Gasteiger partial charge in [-0.25, -0.2) is 9.48 Å². The molecule has 0 bridgehead atoms. The highest BCUT2D eigenvalue weighted by atomic mass is 16.5. The van der Waals surface area contributed by atoms with E-state index in [1.165, 1.54) is 10.9 Å². The molecule has 1 aromatic heterocycles. The van der Waals surface area contributed by atoms with Gasteiger partial charge in [0.05, 0.1) is 25.0 Å². The molecule has 2 aromatic rings. The maximum absolute atomic E-state index is 11.7. The van der Waals surface area contributed by atoms with Crippen LogP contribution in [-0.2, 0) is 4.74 Å². The van der Waals surface area contributed by atoms with Crippen molar-refractivity contribution in [2.75, 3.05) is 13.7 Å². The first-order chi connectivity index (χ1) is 9.69. The molecule has 0 radical (unpaired) electrons. The summed E-state index contributed by atoms with van der Waals surface area (Å²) in [5, 5.41) is 4.10. The van der Waals surface area contributed by atoms with Gasteiger partial charge in [0, 0.05) is 12.3 Å². The largest absolute Gasteiger partial charge is 0.497 e. The van der Waals surface area contributed by atoms with E-state index in [2.05, 4.69) is 5.10 Å². The summed E-state index contributed by atoms with van der Waals surface area (Å²) >= 11 is 0. The Morgan fingerprint density at radius 1 is 1.45 bits per heavy atom. The van der Waals surface area contributed by atoms with Gasteiger partial charge in [0.15, 0.2) is 12.0 Å². The van der Waals surface area contributed by atoms with Crippen LogP contribution in [0.2, 0.25) is 0 Å². The van der Waals surface area contributed by atoms with E-state index in [-0.39, 0.29) is 17.9 Å². The number of methoxy groups -OCH3 is 1. The van der Waals surface area contributed by atoms with Crippen molar-refractivity contribution in [2.45, 2.75) is 6.92 Å². The second kappa shape index (κ2) is 6.01. The van der Waals surface area contributed by atoms with Gasteiger partial charge in [-0.3, -0.25) is 4.79 Å². The molecule has 20 heavy (non-hydrogen) atoms. The van der Waals surface area contributed by atoms with E-state index in [0.717, 1.165) is 0 Å². The number of carbonyl (C=O) groups is 2. The van der Waals surface area contributed by atoms with Crippen LogP contribution in [0.3, 0.4) is 0 Å². The Balaban J connectivity index is 2.42. The average Bonchev–Trinajstić information content (AvgIpc) is 2.92. The van der Waals surface area contributed by atoms with Gasteiger partial charge in [0.25, 0.3) is 0 Å². The molecule has 0 aliphatic carbocycles. The standard InChI is InChI=1S/C14H14N2O4/c1-3-20-14(18)13-10(9-17)8-16(15-13)11-5-4-6-12(7-11)19-2/h4-9H,3H2,1-2H3. The topological polar surface area (TPSA) is 70.4 Å². The van der Waals surface area contributed by atoms with Gasteiger partial charge in [0.1, 0.15) is 5.75 Å². The predicted molar refractivity (Wildman–Crippen MR) is 71.5 cm³/mol. The van der Waals surface area contributed by atoms with Gasteiger partial charge in [0.2, 0.25) is 0 Å². The van der Waals surface area contributed by atoms with Crippen molar-refractivity contribution in [1.82, 2.24) is 9.78 Å². The third-order valence-electron chi connectivity index (χ3n) is 2.66. The Labute approximate surface area is 115 Å². The minimum Gasteiger partial charge on any atom is -0.497 e. The third kappa shape index (κ3) is 2.69. The molecule has 6 nitrogen and oxygen atoms in total. The minimum atomic E-state index is -0.615. The summed E-state index contributed by atoms with van der Waals surface area (Å²) in [5.74, 6) is 0.0413. The summed E-state index contributed by atoms with van der Waals surface area (Å²) in [4.78, 5) is 22.7. The average molecular weight is 274 g/mol. The van der Waals surface area contributed by atoms with E-state index in [4.69, 9.17) is 9.47 Å². The molecule has 0 amide bonds. The molecule has 0 fully saturated rings. The highest BCUT2D eigenvalue weighted by molar-refractivity contribution is 5.96. The number of ether oxygens (including phenoxy) is 2. The summed E-state index contributed by atoms with van der Waals surface area (Å²) in [5.41, 5.74) is 0.874. The Morgan fingerprint density at radius 3 is 2.90 bits per heavy atom. The molecule has 2 rings (SSSR count). The Kier molecular flexibility index (Phi) is 4.14. The smallest absolute Gasteiger partial charge is 0.359 e. The first-order valence-electron chi connectivity index (χ1n) is 6.06. The van der Waals surface area contributed by atoms with E-state index in [1.807, 2.05) is 0 Å². The zero-order chi connectivity index (χ0) is 14.5. The van der Waals surface area contributed by atoms with Crippen molar-refractivity contribution in [3.63, 3.8) is 0 Å². The molecule has 0 saturated carbocycles. The Morgan fingerprint density at radius 2 is 2.25 bits per heavy atom. The number of benzene rings is 1. The van der Waals surface area contributed by atoms with E-state index >= 15 is 0 Å². The number of hydrogen-bond acceptors (Lipinski definition) is 5. The summed E-state index contributed by atoms with van der Waals surface area (Å²) in [6, 6.07) is 7.12. The maximum atomic E-state index is 11.7. The van der Waals surface area contributed by atoms with Crippen molar-refractivity contribution in [3.05, 3.63) is 41.7 Å². The van der Waals surface area contributed by atoms with E-state index in [9.17, 15) is 9.59 Å². The monoisotopic (exact) mass is 274 g/mol. The van der Waals surface area contributed by atoms with Crippen LogP contribution < -0.4 is 4.74 Å². The molecule has 0 spiro atoms. The molecular weight excluding hydrogens is 260 g/mol. The SMILES string of the molecule is CCOC(=O)c1nn(-c2cccc(OC)c2)cc1C=O. The molecule has 0 N–H and O–H groups in total. The van der Waals surface area contributed by atoms with Crippen LogP contribution in [0.25, 0.3) is 5.69 Å². The maximum Gasteiger partial charge on any atom is 0.359 e. The van der Waals surface area contributed by atoms with Gasteiger partial charge < -0.3 is 9.47 Å². The first kappa shape index (κ1) is 13.8. The van der Waals surface area contributed by atoms with Crippen LogP contribution in [-0.4, -0.2) is 35.8 Å². The number of rotatable bonds is 5. The molecule has 0 atom stereocenters. The van der Waals surface area contributed by atoms with Crippen LogP contribution >= 0.6 is 0 Å². The van der Waals surface area contributed by atoms with Crippen molar-refractivity contribution in [3.8, 4) is 11.4 Å². The van der Waals surface area contributed by atoms with E-state index in [0.29, 0.717) is 17.7 Å². The van der Waals surface area contributed by atoms with Crippen LogP contribution in [0.5, 0.6) is 5.75 Å². The summed E-state index contributed by atoms with van der Waals surface area (Å²) in [6.07, 6.45) is 2.06. The molecular formula is C14H14N2O4. The van der Waals surface area contributed by atoms with Crippen LogP contribution in [0.1, 0.15) is 27.8 Å². The number of aromatic nitrogens is 2. The van der Waals surface area contributed by atoms with Crippen LogP contribution in [0.15, 0.2) is 30.5 Å². The fourth-order valence-electron chi connectivity index (χ4n) is 1.72. The quantitative estimate of drug-likeness (QED) is 0.615. The van der Waals surface area contributed by atoms with Gasteiger partial charge >= 0.3 is 5.97 Å². The molecule has 0 saturated heterocycles. The molecule has 0 aliphatic heterocycles. The number of hydrogen-bond donors (Lipinski definition) is 0. The number of nitrogens with zero attached hydrogens (tertiary/aromatic N) is 2. The molecule has 1 heterocycles. The summed E-state index contributed by atoms with van der Waals surface area (Å²) in [7, 11) is 1.56. The fraction of sp³-hybridized carbons (Fsp3) is 0.214. The second-order valence-corrected chi connectivity index (χ2v) is 3.92. The van der Waals surface area contributed by atoms with E-state index in [1.54, 1.807) is 38.3 Å². The zero-order valence-corrected chi connectivity index (χ0v) is 11.2. The highest BCUT2D eigenvalue weighted by Crippen LogP contribution is 2.17. The lowest BCUT2D eigenvalue weighted by atomic mass is 10.3. The lowest BCUT2D eigenvalue weighted by Crippen LogP contribution is -2.08. The van der Waals surface area contributed by atoms with Crippen molar-refractivity contribution < 1.29 is 19.1 Å². The van der Waals surface area contributed by atoms with Crippen molar-refractivity contribution in [2.24, 2.45) is 0 Å². The van der Waals surface area contributed by atoms with Gasteiger partial charge in [-0.1, -0.05) is 6.07 Å². The van der Waals surface area contributed by atoms with Crippen molar-refractivity contribution in [1.29, 1.82) is 0 Å². The van der Waals surface area contributed by atoms with E-state index < -0.39 is 5.97 Å². The molecule has 1 aromatic carbocycles. The molecule has 6 heteroatoms. The number of aldehydes is 1. The Bertz CT molecular complexity index is 634. The molecule has 0 aliphatic rings. The van der Waals surface area contributed by atoms with Crippen molar-refractivity contribution >= 4 is 12.3 Å². The first-order valence-corrected chi connectivity index (χ1v) is 6.06. The van der Waals surface area contributed by atoms with Gasteiger partial charge in [-0.2, -0.15) is 5.10 Å². The van der Waals surface area contributed by atoms with Crippen LogP contribution in [0, 0.1) is 0 Å². The van der Waals surface area contributed by atoms with Gasteiger partial charge in [-0.05, 0) is 19.1 Å². The second-order valence-electron chi connectivity index (χ2n) is 3.92. The predicted octanol–water partition coefficient (Wildman–Crippen LogP) is 1.87. The molecule has 104 valence electrons. The van der Waals surface area contributed by atoms with Crippen LogP contribution in [0.4, 0.5) is 0 Å². The lowest BCUT2D eigenvalue weighted by molar-refractivity contribution is 0.0517. The van der Waals surface area contributed by atoms with Gasteiger partial charge in [-0.15, -0.1) is 0 Å². The summed E-state index contributed by atoms with van der Waals surface area (Å²) in [6.45, 7) is 1.92. The third-order valence-corrected chi connectivity index (χ3v) is 2.66. The number of carbonyl (C=O) groups excluding carboxylic acids is 2. The summed E-state index contributed by atoms with van der Waals surface area (Å²) < 4.78 is 11.4. The zero-order valence-electron chi connectivity index (χ0n) is 11.2. The Hall–Kier alpha value is -2.63. The lowest BCUT2D eigenvalue weighted by Gasteiger charge is -2.04. The normalized spacial score (nSPS) is 10.1.